The normalized spacial score (nSPS) is 45.5. The van der Waals surface area contributed by atoms with Crippen LogP contribution in [0.15, 0.2) is 85.1 Å². The summed E-state index contributed by atoms with van der Waals surface area (Å²) in [5, 5.41) is 108. The molecule has 6 unspecified atom stereocenters. The SMILES string of the molecule is CC1OC(O[C@H]2/C=C/C=C/C=C/C=C/C=C/C=C/C=C/[C@H](C)[C@@H](O)[C@@H](C)[C@H](C)OC(=O)C[C@H](O)C[C@H](O)CC[C@@H](O)[C@H](O)C[C@H](O)C[C@]3(O)C[C@H](O)[C@@H](C(=O)O)C(C2)O3)C(O)C(N)C1C. The second-order valence-electron chi connectivity index (χ2n) is 17.9. The number of nitrogens with two attached hydrogens (primary N) is 1. The van der Waals surface area contributed by atoms with Gasteiger partial charge in [0.05, 0.1) is 67.5 Å². The third kappa shape index (κ3) is 18.7. The van der Waals surface area contributed by atoms with Crippen molar-refractivity contribution in [3.05, 3.63) is 85.1 Å². The molecule has 0 aromatic heterocycles. The molecule has 0 aromatic rings. The Morgan fingerprint density at radius 1 is 0.662 bits per heavy atom. The van der Waals surface area contributed by atoms with Gasteiger partial charge in [-0.05, 0) is 39.0 Å². The maximum Gasteiger partial charge on any atom is 0.311 e. The van der Waals surface area contributed by atoms with E-state index in [9.17, 15) is 60.7 Å². The standard InChI is InChI=1S/C48H75NO16/c1-28-18-16-14-12-10-8-6-7-9-11-13-15-17-19-36(64-47-45(58)43(49)29(2)31(4)63-47)25-40-42(46(59)60)39(55)27-48(61,65-40)26-35(52)23-38(54)37(53)21-20-33(50)22-34(51)24-41(56)62-32(5)30(3)44(28)57/h6-19,28-40,42-45,47,50-55,57-58,61H,20-27,49H2,1-5H3,(H,59,60)/b7-6+,10-8+,11-9+,14-12+,15-13+,18-16+,19-17+/t28-,29?,30-,31?,32-,33+,34+,35-,36-,37+,38+,39-,40?,42+,43?,44+,45?,47?,48+/m0/s1. The number of carboxylic acid groups (broad SMARTS) is 1. The first-order valence-electron chi connectivity index (χ1n) is 22.6. The zero-order valence-electron chi connectivity index (χ0n) is 38.1. The number of hydrogen-bond acceptors (Lipinski definition) is 16. The second-order valence-corrected chi connectivity index (χ2v) is 17.9. The molecular weight excluding hydrogens is 847 g/mol. The monoisotopic (exact) mass is 922 g/mol. The number of allylic oxidation sites excluding steroid dienone is 12. The summed E-state index contributed by atoms with van der Waals surface area (Å²) in [5.41, 5.74) is 6.27. The number of carbonyl (C=O) groups is 2. The van der Waals surface area contributed by atoms with Crippen molar-refractivity contribution in [3.8, 4) is 0 Å². The van der Waals surface area contributed by atoms with Crippen molar-refractivity contribution in [3.63, 3.8) is 0 Å². The van der Waals surface area contributed by atoms with Gasteiger partial charge in [-0.15, -0.1) is 0 Å². The number of hydrogen-bond donors (Lipinski definition) is 11. The second kappa shape index (κ2) is 27.4. The van der Waals surface area contributed by atoms with Crippen LogP contribution in [0.5, 0.6) is 0 Å². The van der Waals surface area contributed by atoms with Crippen LogP contribution in [0.2, 0.25) is 0 Å². The minimum absolute atomic E-state index is 0.0948. The van der Waals surface area contributed by atoms with Gasteiger partial charge in [-0.2, -0.15) is 0 Å². The van der Waals surface area contributed by atoms with Crippen molar-refractivity contribution in [2.75, 3.05) is 0 Å². The van der Waals surface area contributed by atoms with Crippen LogP contribution in [0.25, 0.3) is 0 Å². The summed E-state index contributed by atoms with van der Waals surface area (Å²) in [6.45, 7) is 8.84. The van der Waals surface area contributed by atoms with Crippen LogP contribution in [0.1, 0.15) is 86.0 Å². The van der Waals surface area contributed by atoms with Crippen LogP contribution >= 0.6 is 0 Å². The number of carbonyl (C=O) groups excluding carboxylic acids is 1. The van der Waals surface area contributed by atoms with Crippen molar-refractivity contribution in [2.24, 2.45) is 29.4 Å². The Kier molecular flexibility index (Phi) is 23.6. The minimum Gasteiger partial charge on any atom is -0.481 e. The summed E-state index contributed by atoms with van der Waals surface area (Å²) in [5.74, 6) is -6.91. The molecule has 3 heterocycles. The lowest BCUT2D eigenvalue weighted by molar-refractivity contribution is -0.307. The number of aliphatic hydroxyl groups excluding tert-OH is 8. The number of fused-ring (bicyclic) bond motifs is 2. The van der Waals surface area contributed by atoms with Crippen molar-refractivity contribution in [1.29, 1.82) is 0 Å². The smallest absolute Gasteiger partial charge is 0.311 e. The summed E-state index contributed by atoms with van der Waals surface area (Å²) in [6, 6.07) is -0.704. The Morgan fingerprint density at radius 3 is 1.82 bits per heavy atom. The Hall–Kier alpha value is -3.40. The molecule has 0 saturated carbocycles. The fourth-order valence-corrected chi connectivity index (χ4v) is 8.12. The van der Waals surface area contributed by atoms with Gasteiger partial charge in [0.25, 0.3) is 0 Å². The third-order valence-corrected chi connectivity index (χ3v) is 12.5. The van der Waals surface area contributed by atoms with Crippen molar-refractivity contribution >= 4 is 11.9 Å². The molecule has 19 atom stereocenters. The van der Waals surface area contributed by atoms with Crippen LogP contribution in [-0.2, 0) is 28.5 Å². The molecule has 0 aliphatic carbocycles. The van der Waals surface area contributed by atoms with E-state index in [1.165, 1.54) is 0 Å². The molecule has 368 valence electrons. The number of esters is 1. The van der Waals surface area contributed by atoms with Gasteiger partial charge in [-0.1, -0.05) is 106 Å². The fourth-order valence-electron chi connectivity index (χ4n) is 8.12. The third-order valence-electron chi connectivity index (χ3n) is 12.5. The van der Waals surface area contributed by atoms with E-state index >= 15 is 0 Å². The number of cyclic esters (lactones) is 1. The topological polar surface area (TPSA) is 299 Å². The van der Waals surface area contributed by atoms with Crippen LogP contribution < -0.4 is 5.73 Å². The maximum atomic E-state index is 12.6. The van der Waals surface area contributed by atoms with Crippen molar-refractivity contribution in [1.82, 2.24) is 0 Å². The van der Waals surface area contributed by atoms with E-state index in [4.69, 9.17) is 24.7 Å². The quantitative estimate of drug-likeness (QED) is 0.180. The van der Waals surface area contributed by atoms with Crippen LogP contribution in [0, 0.1) is 23.7 Å². The molecule has 0 aromatic carbocycles. The highest BCUT2D eigenvalue weighted by Gasteiger charge is 2.51. The van der Waals surface area contributed by atoms with E-state index in [0.717, 1.165) is 0 Å². The summed E-state index contributed by atoms with van der Waals surface area (Å²) in [4.78, 5) is 25.1. The molecule has 65 heavy (non-hydrogen) atoms. The summed E-state index contributed by atoms with van der Waals surface area (Å²) < 4.78 is 23.6. The highest BCUT2D eigenvalue weighted by Crippen LogP contribution is 2.38. The molecule has 3 aliphatic heterocycles. The molecule has 0 spiro atoms. The lowest BCUT2D eigenvalue weighted by Gasteiger charge is -2.45. The first-order chi connectivity index (χ1) is 30.6. The van der Waals surface area contributed by atoms with Gasteiger partial charge in [-0.3, -0.25) is 9.59 Å². The van der Waals surface area contributed by atoms with E-state index in [1.807, 2.05) is 50.3 Å². The molecule has 2 fully saturated rings. The Balaban J connectivity index is 1.86. The summed E-state index contributed by atoms with van der Waals surface area (Å²) in [6.07, 6.45) is 6.31. The first kappa shape index (κ1) is 55.9. The number of aliphatic carboxylic acids is 1. The molecule has 0 amide bonds. The predicted molar refractivity (Wildman–Crippen MR) is 240 cm³/mol. The average Bonchev–Trinajstić information content (AvgIpc) is 3.21. The van der Waals surface area contributed by atoms with Gasteiger partial charge < -0.3 is 75.7 Å². The first-order valence-corrected chi connectivity index (χ1v) is 22.6. The van der Waals surface area contributed by atoms with Crippen LogP contribution in [-0.4, -0.2) is 154 Å². The molecule has 17 heteroatoms. The molecule has 2 bridgehead atoms. The van der Waals surface area contributed by atoms with Crippen LogP contribution in [0.3, 0.4) is 0 Å². The molecular formula is C48H75NO16. The Morgan fingerprint density at radius 2 is 1.23 bits per heavy atom. The number of aliphatic hydroxyl groups is 9. The molecule has 0 radical (unpaired) electrons. The molecule has 12 N–H and O–H groups in total. The number of rotatable bonds is 3. The highest BCUT2D eigenvalue weighted by atomic mass is 16.7. The number of ether oxygens (including phenoxy) is 4. The highest BCUT2D eigenvalue weighted by molar-refractivity contribution is 5.71. The molecule has 3 aliphatic rings. The average molecular weight is 922 g/mol. The summed E-state index contributed by atoms with van der Waals surface area (Å²) in [7, 11) is 0. The van der Waals surface area contributed by atoms with Gasteiger partial charge in [0, 0.05) is 43.6 Å². The maximum absolute atomic E-state index is 12.6. The lowest BCUT2D eigenvalue weighted by atomic mass is 9.82. The zero-order chi connectivity index (χ0) is 48.4. The van der Waals surface area contributed by atoms with E-state index in [-0.39, 0.29) is 37.5 Å². The van der Waals surface area contributed by atoms with Gasteiger partial charge in [0.2, 0.25) is 0 Å². The molecule has 17 nitrogen and oxygen atoms in total. The fraction of sp³-hybridized carbons (Fsp3) is 0.667. The van der Waals surface area contributed by atoms with E-state index < -0.39 is 141 Å². The molecule has 3 rings (SSSR count). The van der Waals surface area contributed by atoms with Crippen LogP contribution in [0.4, 0.5) is 0 Å². The molecule has 2 saturated heterocycles. The van der Waals surface area contributed by atoms with E-state index in [0.29, 0.717) is 0 Å². The Bertz CT molecular complexity index is 1660. The Labute approximate surface area is 382 Å². The van der Waals surface area contributed by atoms with E-state index in [2.05, 4.69) is 0 Å². The van der Waals surface area contributed by atoms with E-state index in [1.54, 1.807) is 69.4 Å². The largest absolute Gasteiger partial charge is 0.481 e. The predicted octanol–water partition coefficient (Wildman–Crippen LogP) is 1.99. The van der Waals surface area contributed by atoms with Gasteiger partial charge in [0.15, 0.2) is 12.1 Å². The summed E-state index contributed by atoms with van der Waals surface area (Å²) >= 11 is 0. The lowest BCUT2D eigenvalue weighted by Crippen LogP contribution is -2.58. The van der Waals surface area contributed by atoms with Crippen molar-refractivity contribution in [2.45, 2.75) is 177 Å². The van der Waals surface area contributed by atoms with Gasteiger partial charge in [-0.25, -0.2) is 0 Å². The zero-order valence-corrected chi connectivity index (χ0v) is 38.1. The number of carboxylic acids is 1. The minimum atomic E-state index is -2.29. The van der Waals surface area contributed by atoms with Gasteiger partial charge >= 0.3 is 11.9 Å². The van der Waals surface area contributed by atoms with Gasteiger partial charge in [0.1, 0.15) is 18.1 Å². The van der Waals surface area contributed by atoms with Crippen molar-refractivity contribution < 1.29 is 79.6 Å².